The minimum Gasteiger partial charge on any atom is -0.326 e. The van der Waals surface area contributed by atoms with Crippen molar-refractivity contribution in [2.45, 2.75) is 19.3 Å². The standard InChI is InChI=1S/C15H20N2O/c1-17(2)10-6-5-8-13-11-12-7-3-4-9-14(12)15(18)16-13/h3-4,7,9,11H,5-6,8,10H2,1-2H3,(H,16,18). The summed E-state index contributed by atoms with van der Waals surface area (Å²) < 4.78 is 0. The molecule has 0 fully saturated rings. The molecule has 0 unspecified atom stereocenters. The maximum atomic E-state index is 11.9. The summed E-state index contributed by atoms with van der Waals surface area (Å²) in [5.41, 5.74) is 1.06. The average molecular weight is 244 g/mol. The molecule has 0 saturated heterocycles. The Hall–Kier alpha value is -1.61. The van der Waals surface area contributed by atoms with Crippen molar-refractivity contribution in [1.82, 2.24) is 9.88 Å². The van der Waals surface area contributed by atoms with Crippen molar-refractivity contribution in [3.05, 3.63) is 46.4 Å². The highest BCUT2D eigenvalue weighted by molar-refractivity contribution is 5.81. The van der Waals surface area contributed by atoms with Gasteiger partial charge in [0.25, 0.3) is 5.56 Å². The second-order valence-electron chi connectivity index (χ2n) is 4.97. The Bertz CT molecular complexity index is 572. The van der Waals surface area contributed by atoms with Crippen molar-refractivity contribution < 1.29 is 0 Å². The predicted molar refractivity (Wildman–Crippen MR) is 76.1 cm³/mol. The number of fused-ring (bicyclic) bond motifs is 1. The summed E-state index contributed by atoms with van der Waals surface area (Å²) in [5, 5.41) is 1.80. The van der Waals surface area contributed by atoms with Crippen LogP contribution in [0.25, 0.3) is 10.8 Å². The molecule has 2 aromatic rings. The summed E-state index contributed by atoms with van der Waals surface area (Å²) in [6, 6.07) is 9.82. The molecule has 1 aromatic heterocycles. The maximum Gasteiger partial charge on any atom is 0.256 e. The number of nitrogens with one attached hydrogen (secondary N) is 1. The zero-order chi connectivity index (χ0) is 13.0. The highest BCUT2D eigenvalue weighted by Crippen LogP contribution is 2.11. The zero-order valence-corrected chi connectivity index (χ0v) is 11.1. The van der Waals surface area contributed by atoms with Crippen molar-refractivity contribution in [3.63, 3.8) is 0 Å². The molecular weight excluding hydrogens is 224 g/mol. The number of pyridine rings is 1. The van der Waals surface area contributed by atoms with Crippen LogP contribution in [0.2, 0.25) is 0 Å². The van der Waals surface area contributed by atoms with Gasteiger partial charge in [-0.05, 0) is 57.4 Å². The quantitative estimate of drug-likeness (QED) is 0.820. The number of aromatic nitrogens is 1. The second kappa shape index (κ2) is 5.83. The van der Waals surface area contributed by atoms with E-state index in [9.17, 15) is 4.79 Å². The lowest BCUT2D eigenvalue weighted by Crippen LogP contribution is -2.13. The molecule has 0 spiro atoms. The fourth-order valence-corrected chi connectivity index (χ4v) is 2.14. The Morgan fingerprint density at radius 1 is 1.17 bits per heavy atom. The third-order valence-electron chi connectivity index (χ3n) is 3.11. The van der Waals surface area contributed by atoms with Crippen molar-refractivity contribution in [1.29, 1.82) is 0 Å². The first kappa shape index (κ1) is 12.8. The molecule has 1 N–H and O–H groups in total. The molecule has 0 aliphatic rings. The van der Waals surface area contributed by atoms with E-state index in [1.807, 2.05) is 24.3 Å². The topological polar surface area (TPSA) is 36.1 Å². The van der Waals surface area contributed by atoms with E-state index in [1.54, 1.807) is 0 Å². The van der Waals surface area contributed by atoms with Gasteiger partial charge in [-0.2, -0.15) is 0 Å². The molecule has 0 radical (unpaired) electrons. The first-order valence-corrected chi connectivity index (χ1v) is 6.42. The van der Waals surface area contributed by atoms with Gasteiger partial charge in [0.2, 0.25) is 0 Å². The molecule has 1 aromatic carbocycles. The van der Waals surface area contributed by atoms with Crippen LogP contribution in [0.1, 0.15) is 18.5 Å². The van der Waals surface area contributed by atoms with Gasteiger partial charge in [0.05, 0.1) is 0 Å². The Kier molecular flexibility index (Phi) is 4.15. The molecule has 1 heterocycles. The number of hydrogen-bond donors (Lipinski definition) is 1. The molecule has 3 heteroatoms. The van der Waals surface area contributed by atoms with E-state index in [1.165, 1.54) is 0 Å². The number of aryl methyl sites for hydroxylation is 1. The first-order valence-electron chi connectivity index (χ1n) is 6.42. The van der Waals surface area contributed by atoms with Crippen molar-refractivity contribution in [2.75, 3.05) is 20.6 Å². The molecule has 0 aliphatic heterocycles. The Balaban J connectivity index is 2.08. The smallest absolute Gasteiger partial charge is 0.256 e. The number of H-pyrrole nitrogens is 1. The van der Waals surface area contributed by atoms with Crippen LogP contribution in [-0.2, 0) is 6.42 Å². The average Bonchev–Trinajstić information content (AvgIpc) is 2.35. The zero-order valence-electron chi connectivity index (χ0n) is 11.1. The number of hydrogen-bond acceptors (Lipinski definition) is 2. The van der Waals surface area contributed by atoms with Crippen molar-refractivity contribution in [2.24, 2.45) is 0 Å². The number of rotatable bonds is 5. The van der Waals surface area contributed by atoms with Crippen LogP contribution >= 0.6 is 0 Å². The number of unbranched alkanes of at least 4 members (excludes halogenated alkanes) is 1. The summed E-state index contributed by atoms with van der Waals surface area (Å²) in [7, 11) is 4.16. The van der Waals surface area contributed by atoms with Gasteiger partial charge in [0, 0.05) is 11.1 Å². The minimum atomic E-state index is 0.0238. The molecule has 0 saturated carbocycles. The Labute approximate surface area is 107 Å². The van der Waals surface area contributed by atoms with Crippen LogP contribution in [0.5, 0.6) is 0 Å². The lowest BCUT2D eigenvalue weighted by molar-refractivity contribution is 0.394. The summed E-state index contributed by atoms with van der Waals surface area (Å²) in [4.78, 5) is 17.0. The fraction of sp³-hybridized carbons (Fsp3) is 0.400. The molecule has 0 aliphatic carbocycles. The molecule has 96 valence electrons. The molecule has 2 rings (SSSR count). The van der Waals surface area contributed by atoms with Gasteiger partial charge in [0.15, 0.2) is 0 Å². The van der Waals surface area contributed by atoms with Gasteiger partial charge in [-0.1, -0.05) is 18.2 Å². The highest BCUT2D eigenvalue weighted by atomic mass is 16.1. The van der Waals surface area contributed by atoms with E-state index < -0.39 is 0 Å². The summed E-state index contributed by atoms with van der Waals surface area (Å²) in [6.45, 7) is 1.10. The Morgan fingerprint density at radius 2 is 1.94 bits per heavy atom. The number of nitrogens with zero attached hydrogens (tertiary/aromatic N) is 1. The normalized spacial score (nSPS) is 11.3. The van der Waals surface area contributed by atoms with Gasteiger partial charge < -0.3 is 9.88 Å². The monoisotopic (exact) mass is 244 g/mol. The fourth-order valence-electron chi connectivity index (χ4n) is 2.14. The first-order chi connectivity index (χ1) is 8.66. The van der Waals surface area contributed by atoms with Gasteiger partial charge >= 0.3 is 0 Å². The van der Waals surface area contributed by atoms with Crippen LogP contribution in [0.3, 0.4) is 0 Å². The van der Waals surface area contributed by atoms with E-state index in [2.05, 4.69) is 30.0 Å². The second-order valence-corrected chi connectivity index (χ2v) is 4.97. The van der Waals surface area contributed by atoms with Crippen LogP contribution in [-0.4, -0.2) is 30.5 Å². The van der Waals surface area contributed by atoms with Crippen LogP contribution in [0, 0.1) is 0 Å². The van der Waals surface area contributed by atoms with Crippen molar-refractivity contribution >= 4 is 10.8 Å². The van der Waals surface area contributed by atoms with E-state index >= 15 is 0 Å². The third kappa shape index (κ3) is 3.20. The van der Waals surface area contributed by atoms with E-state index in [0.29, 0.717) is 0 Å². The lowest BCUT2D eigenvalue weighted by Gasteiger charge is -2.09. The van der Waals surface area contributed by atoms with Crippen LogP contribution in [0.15, 0.2) is 35.1 Å². The van der Waals surface area contributed by atoms with E-state index in [0.717, 1.165) is 42.3 Å². The molecule has 0 amide bonds. The SMILES string of the molecule is CN(C)CCCCc1cc2ccccc2c(=O)[nH]1. The van der Waals surface area contributed by atoms with Gasteiger partial charge in [-0.15, -0.1) is 0 Å². The van der Waals surface area contributed by atoms with Crippen molar-refractivity contribution in [3.8, 4) is 0 Å². The van der Waals surface area contributed by atoms with Crippen LogP contribution in [0.4, 0.5) is 0 Å². The van der Waals surface area contributed by atoms with Crippen LogP contribution < -0.4 is 5.56 Å². The van der Waals surface area contributed by atoms with E-state index in [-0.39, 0.29) is 5.56 Å². The molecule has 18 heavy (non-hydrogen) atoms. The highest BCUT2D eigenvalue weighted by Gasteiger charge is 2.01. The van der Waals surface area contributed by atoms with Gasteiger partial charge in [-0.3, -0.25) is 4.79 Å². The minimum absolute atomic E-state index is 0.0238. The third-order valence-corrected chi connectivity index (χ3v) is 3.11. The molecule has 0 atom stereocenters. The van der Waals surface area contributed by atoms with E-state index in [4.69, 9.17) is 0 Å². The summed E-state index contributed by atoms with van der Waals surface area (Å²) >= 11 is 0. The van der Waals surface area contributed by atoms with Gasteiger partial charge in [-0.25, -0.2) is 0 Å². The molecule has 3 nitrogen and oxygen atoms in total. The maximum absolute atomic E-state index is 11.9. The lowest BCUT2D eigenvalue weighted by atomic mass is 10.1. The molecule has 0 bridgehead atoms. The summed E-state index contributed by atoms with van der Waals surface area (Å²) in [6.07, 6.45) is 3.20. The predicted octanol–water partition coefficient (Wildman–Crippen LogP) is 2.41. The number of benzene rings is 1. The largest absolute Gasteiger partial charge is 0.326 e. The Morgan fingerprint density at radius 3 is 2.72 bits per heavy atom. The number of aromatic amines is 1. The summed E-state index contributed by atoms with van der Waals surface area (Å²) in [5.74, 6) is 0. The van der Waals surface area contributed by atoms with Gasteiger partial charge in [0.1, 0.15) is 0 Å². The molecular formula is C15H20N2O.